The zero-order valence-electron chi connectivity index (χ0n) is 16.2. The van der Waals surface area contributed by atoms with Gasteiger partial charge in [0.2, 0.25) is 5.72 Å². The third-order valence-corrected chi connectivity index (χ3v) is 5.69. The highest BCUT2D eigenvalue weighted by molar-refractivity contribution is 5.81. The Kier molecular flexibility index (Phi) is 5.01. The molecule has 0 radical (unpaired) electrons. The molecule has 2 heterocycles. The van der Waals surface area contributed by atoms with Gasteiger partial charge >= 0.3 is 6.03 Å². The van der Waals surface area contributed by atoms with E-state index in [4.69, 9.17) is 0 Å². The molecule has 1 spiro atoms. The number of piperidine rings is 1. The van der Waals surface area contributed by atoms with Crippen LogP contribution in [0.15, 0.2) is 18.2 Å². The first-order valence-corrected chi connectivity index (χ1v) is 9.41. The lowest BCUT2D eigenvalue weighted by molar-refractivity contribution is -0.0985. The molecule has 2 fully saturated rings. The molecular weight excluding hydrogens is 326 g/mol. The van der Waals surface area contributed by atoms with Gasteiger partial charge in [-0.1, -0.05) is 29.3 Å². The highest BCUT2D eigenvalue weighted by Gasteiger charge is 2.65. The van der Waals surface area contributed by atoms with Crippen LogP contribution in [0.2, 0.25) is 0 Å². The van der Waals surface area contributed by atoms with Crippen molar-refractivity contribution in [2.45, 2.75) is 58.3 Å². The second kappa shape index (κ2) is 6.94. The van der Waals surface area contributed by atoms with Gasteiger partial charge in [-0.05, 0) is 65.1 Å². The van der Waals surface area contributed by atoms with Gasteiger partial charge in [0.1, 0.15) is 5.54 Å². The summed E-state index contributed by atoms with van der Waals surface area (Å²) >= 11 is 0. The van der Waals surface area contributed by atoms with E-state index in [-0.39, 0.29) is 6.03 Å². The zero-order chi connectivity index (χ0) is 18.9. The molecule has 0 aromatic heterocycles. The van der Waals surface area contributed by atoms with Crippen LogP contribution in [-0.2, 0) is 6.54 Å². The van der Waals surface area contributed by atoms with Gasteiger partial charge in [-0.2, -0.15) is 0 Å². The van der Waals surface area contributed by atoms with Crippen LogP contribution in [0.25, 0.3) is 0 Å². The molecule has 0 bridgehead atoms. The maximum atomic E-state index is 13.3. The molecule has 1 aromatic carbocycles. The van der Waals surface area contributed by atoms with E-state index in [1.807, 2.05) is 25.7 Å². The molecule has 2 saturated heterocycles. The largest absolute Gasteiger partial charge is 0.359 e. The van der Waals surface area contributed by atoms with Crippen LogP contribution in [0.1, 0.15) is 43.4 Å². The SMILES string of the molecule is CC#CC1(O)N(Cc2cc(C)cc(C)c2)C(=O)N(CC)C12CCNCC2. The molecule has 2 aliphatic heterocycles. The van der Waals surface area contributed by atoms with Crippen molar-refractivity contribution in [3.63, 3.8) is 0 Å². The van der Waals surface area contributed by atoms with Crippen LogP contribution in [-0.4, -0.2) is 51.8 Å². The molecule has 0 saturated carbocycles. The number of aryl methyl sites for hydroxylation is 2. The first kappa shape index (κ1) is 18.8. The van der Waals surface area contributed by atoms with Gasteiger partial charge in [0.05, 0.1) is 6.54 Å². The molecule has 2 N–H and O–H groups in total. The Morgan fingerprint density at radius 2 is 1.77 bits per heavy atom. The second-order valence-electron chi connectivity index (χ2n) is 7.44. The molecule has 140 valence electrons. The van der Waals surface area contributed by atoms with Crippen molar-refractivity contribution in [1.29, 1.82) is 0 Å². The van der Waals surface area contributed by atoms with Crippen molar-refractivity contribution in [1.82, 2.24) is 15.1 Å². The molecule has 1 atom stereocenters. The fourth-order valence-electron chi connectivity index (χ4n) is 4.69. The van der Waals surface area contributed by atoms with E-state index in [0.717, 1.165) is 29.8 Å². The van der Waals surface area contributed by atoms with Gasteiger partial charge in [0.25, 0.3) is 0 Å². The minimum absolute atomic E-state index is 0.126. The molecule has 1 unspecified atom stereocenters. The van der Waals surface area contributed by atoms with Gasteiger partial charge in [-0.3, -0.25) is 4.90 Å². The Morgan fingerprint density at radius 1 is 1.15 bits per heavy atom. The van der Waals surface area contributed by atoms with E-state index >= 15 is 0 Å². The minimum Gasteiger partial charge on any atom is -0.359 e. The van der Waals surface area contributed by atoms with E-state index in [1.165, 1.54) is 0 Å². The number of benzene rings is 1. The van der Waals surface area contributed by atoms with Crippen molar-refractivity contribution in [3.8, 4) is 11.8 Å². The molecular formula is C21H29N3O2. The third kappa shape index (κ3) is 2.78. The fraction of sp³-hybridized carbons (Fsp3) is 0.571. The van der Waals surface area contributed by atoms with Crippen LogP contribution >= 0.6 is 0 Å². The monoisotopic (exact) mass is 355 g/mol. The van der Waals surface area contributed by atoms with E-state index < -0.39 is 11.3 Å². The average Bonchev–Trinajstić information content (AvgIpc) is 2.74. The summed E-state index contributed by atoms with van der Waals surface area (Å²) in [5.74, 6) is 5.90. The molecule has 2 aliphatic rings. The summed E-state index contributed by atoms with van der Waals surface area (Å²) in [6.07, 6.45) is 1.39. The van der Waals surface area contributed by atoms with Crippen molar-refractivity contribution < 1.29 is 9.90 Å². The van der Waals surface area contributed by atoms with E-state index in [2.05, 4.69) is 35.4 Å². The summed E-state index contributed by atoms with van der Waals surface area (Å²) in [7, 11) is 0. The normalized spacial score (nSPS) is 24.7. The van der Waals surface area contributed by atoms with Crippen molar-refractivity contribution in [2.75, 3.05) is 19.6 Å². The van der Waals surface area contributed by atoms with Crippen LogP contribution < -0.4 is 5.32 Å². The van der Waals surface area contributed by atoms with Gasteiger partial charge in [-0.15, -0.1) is 5.92 Å². The maximum Gasteiger partial charge on any atom is 0.324 e. The Labute approximate surface area is 156 Å². The van der Waals surface area contributed by atoms with Crippen molar-refractivity contribution in [2.24, 2.45) is 0 Å². The van der Waals surface area contributed by atoms with Gasteiger partial charge < -0.3 is 15.3 Å². The Morgan fingerprint density at radius 3 is 2.31 bits per heavy atom. The summed E-state index contributed by atoms with van der Waals surface area (Å²) in [4.78, 5) is 16.7. The molecule has 5 heteroatoms. The first-order valence-electron chi connectivity index (χ1n) is 9.41. The van der Waals surface area contributed by atoms with Gasteiger partial charge in [0.15, 0.2) is 0 Å². The number of urea groups is 1. The van der Waals surface area contributed by atoms with Crippen LogP contribution in [0, 0.1) is 25.7 Å². The third-order valence-electron chi connectivity index (χ3n) is 5.69. The van der Waals surface area contributed by atoms with Gasteiger partial charge in [-0.25, -0.2) is 4.79 Å². The van der Waals surface area contributed by atoms with Crippen LogP contribution in [0.4, 0.5) is 4.79 Å². The van der Waals surface area contributed by atoms with E-state index in [0.29, 0.717) is 25.9 Å². The highest BCUT2D eigenvalue weighted by Crippen LogP contribution is 2.46. The van der Waals surface area contributed by atoms with E-state index in [9.17, 15) is 9.90 Å². The number of rotatable bonds is 3. The lowest BCUT2D eigenvalue weighted by Gasteiger charge is -2.46. The molecule has 1 aromatic rings. The molecule has 3 rings (SSSR count). The molecule has 26 heavy (non-hydrogen) atoms. The standard InChI is InChI=1S/C21H29N3O2/c1-5-7-21(26)20(8-10-22-11-9-20)23(6-2)19(25)24(21)15-18-13-16(3)12-17(4)14-18/h12-14,22,26H,6,8-11,15H2,1-4H3. The second-order valence-corrected chi connectivity index (χ2v) is 7.44. The Balaban J connectivity index is 2.07. The number of hydrogen-bond donors (Lipinski definition) is 2. The number of carbonyl (C=O) groups excluding carboxylic acids is 1. The number of nitrogens with one attached hydrogen (secondary N) is 1. The number of amides is 2. The van der Waals surface area contributed by atoms with Crippen LogP contribution in [0.5, 0.6) is 0 Å². The summed E-state index contributed by atoms with van der Waals surface area (Å²) in [6.45, 7) is 10.3. The molecule has 0 aliphatic carbocycles. The number of hydrogen-bond acceptors (Lipinski definition) is 3. The fourth-order valence-corrected chi connectivity index (χ4v) is 4.69. The quantitative estimate of drug-likeness (QED) is 0.819. The molecule has 5 nitrogen and oxygen atoms in total. The first-order chi connectivity index (χ1) is 12.4. The number of aliphatic hydroxyl groups is 1. The van der Waals surface area contributed by atoms with Crippen molar-refractivity contribution >= 4 is 6.03 Å². The zero-order valence-corrected chi connectivity index (χ0v) is 16.2. The summed E-state index contributed by atoms with van der Waals surface area (Å²) < 4.78 is 0. The number of carbonyl (C=O) groups is 1. The predicted octanol–water partition coefficient (Wildman–Crippen LogP) is 2.40. The smallest absolute Gasteiger partial charge is 0.324 e. The lowest BCUT2D eigenvalue weighted by atomic mass is 9.78. The summed E-state index contributed by atoms with van der Waals surface area (Å²) in [5, 5.41) is 15.1. The van der Waals surface area contributed by atoms with E-state index in [1.54, 1.807) is 11.8 Å². The van der Waals surface area contributed by atoms with Crippen molar-refractivity contribution in [3.05, 3.63) is 34.9 Å². The number of likely N-dealkylation sites (N-methyl/N-ethyl adjacent to an activating group) is 1. The maximum absolute atomic E-state index is 13.3. The Bertz CT molecular complexity index is 738. The molecule has 2 amide bonds. The Hall–Kier alpha value is -2.03. The number of nitrogens with zero attached hydrogens (tertiary/aromatic N) is 2. The summed E-state index contributed by atoms with van der Waals surface area (Å²) in [6, 6.07) is 6.13. The van der Waals surface area contributed by atoms with Crippen LogP contribution in [0.3, 0.4) is 0 Å². The average molecular weight is 355 g/mol. The van der Waals surface area contributed by atoms with Gasteiger partial charge in [0, 0.05) is 6.54 Å². The minimum atomic E-state index is -1.48. The lowest BCUT2D eigenvalue weighted by Crippen LogP contribution is -2.64. The summed E-state index contributed by atoms with van der Waals surface area (Å²) in [5.41, 5.74) is 1.19. The topological polar surface area (TPSA) is 55.8 Å². The predicted molar refractivity (Wildman–Crippen MR) is 102 cm³/mol. The highest BCUT2D eigenvalue weighted by atomic mass is 16.3.